The summed E-state index contributed by atoms with van der Waals surface area (Å²) in [5.41, 5.74) is 0.0118. The fraction of sp³-hybridized carbons (Fsp3) is 0.483. The van der Waals surface area contributed by atoms with Crippen molar-refractivity contribution >= 4 is 95.2 Å². The van der Waals surface area contributed by atoms with Crippen molar-refractivity contribution in [1.82, 2.24) is 0 Å². The van der Waals surface area contributed by atoms with E-state index in [0.717, 1.165) is 24.3 Å². The van der Waals surface area contributed by atoms with Crippen LogP contribution in [0.2, 0.25) is 0 Å². The number of carboxylic acids is 1. The number of fused-ring (bicyclic) bond motifs is 6. The molecule has 0 radical (unpaired) electrons. The van der Waals surface area contributed by atoms with Gasteiger partial charge in [0, 0.05) is 85.5 Å². The second kappa shape index (κ2) is 31.7. The number of benzene rings is 4. The maximum atomic E-state index is 13.1. The van der Waals surface area contributed by atoms with Crippen LogP contribution in [-0.4, -0.2) is 199 Å². The molecule has 2 aliphatic rings. The first-order valence-corrected chi connectivity index (χ1v) is 35.6. The number of hydrogen-bond acceptors (Lipinski definition) is 19. The van der Waals surface area contributed by atoms with Crippen molar-refractivity contribution < 1.29 is 112 Å². The molecule has 0 bridgehead atoms. The number of unbranched alkanes of at least 4 members (excludes halogenated alkanes) is 2. The number of aliphatic carboxylic acids is 1. The van der Waals surface area contributed by atoms with Crippen molar-refractivity contribution in [2.45, 2.75) is 89.2 Å². The number of rotatable bonds is 39. The molecule has 492 valence electrons. The van der Waals surface area contributed by atoms with E-state index >= 15 is 0 Å². The van der Waals surface area contributed by atoms with Crippen LogP contribution in [0.5, 0.6) is 0 Å². The number of allylic oxidation sites excluding steroid dienone is 8. The van der Waals surface area contributed by atoms with Gasteiger partial charge in [0.25, 0.3) is 50.6 Å². The van der Waals surface area contributed by atoms with E-state index in [1.54, 1.807) is 67.5 Å². The highest BCUT2D eigenvalue weighted by Crippen LogP contribution is 2.55. The highest BCUT2D eigenvalue weighted by molar-refractivity contribution is 7.87. The number of ether oxygens (including phenoxy) is 7. The smallest absolute Gasteiger partial charge is 0.303 e. The lowest BCUT2D eigenvalue weighted by atomic mass is 9.75. The zero-order chi connectivity index (χ0) is 65.4. The topological polar surface area (TPSA) is 380 Å². The van der Waals surface area contributed by atoms with Gasteiger partial charge < -0.3 is 43.2 Å². The molecular weight excluding hydrogens is 1270 g/mol. The van der Waals surface area contributed by atoms with Gasteiger partial charge in [-0.3, -0.25) is 27.6 Å². The zero-order valence-corrected chi connectivity index (χ0v) is 53.8. The van der Waals surface area contributed by atoms with Crippen LogP contribution in [0, 0.1) is 0 Å². The minimum Gasteiger partial charge on any atom is -0.481 e. The van der Waals surface area contributed by atoms with Gasteiger partial charge in [-0.25, -0.2) is 0 Å². The molecule has 31 heteroatoms. The van der Waals surface area contributed by atoms with Crippen LogP contribution in [0.3, 0.4) is 0 Å². The predicted molar refractivity (Wildman–Crippen MR) is 329 cm³/mol. The Labute approximate surface area is 519 Å². The normalized spacial score (nSPS) is 18.1. The summed E-state index contributed by atoms with van der Waals surface area (Å²) in [5, 5.41) is 9.30. The molecule has 0 aromatic heterocycles. The third kappa shape index (κ3) is 19.3. The quantitative estimate of drug-likeness (QED) is 0.0116. The standard InChI is InChI=1S/C58H76N2O24S5/c1-57(21-13-37-85(63,64)65)52(60(24-26-81-32-34-82-29-27-78-3)49-41-51(89(75,76)77)44-18-17-42(86(66,67)68)38-46(44)56(49)57)14-9-6-5-7-10-15-53-58(2,22-25-80-31-33-84-36-35-83-30-28-79-4)55-47-39-43(87(69,70)71)40-50(88(72,73)74)45(47)19-20-48(55)59(53)23-12-8-11-16-54(61)62/h5-7,9-10,14-15,17-20,38-41H,8,11-13,16,21-37H2,1-4H3,(H5-,61,62,63,64,65,66,67,68,69,70,71,72,73,74,75,76,77)/p+1. The first-order valence-electron chi connectivity index (χ1n) is 28.2. The van der Waals surface area contributed by atoms with Crippen molar-refractivity contribution in [1.29, 1.82) is 0 Å². The summed E-state index contributed by atoms with van der Waals surface area (Å²) in [6.45, 7) is 6.70. The molecule has 0 aliphatic carbocycles. The number of anilines is 1. The van der Waals surface area contributed by atoms with E-state index in [0.29, 0.717) is 93.1 Å². The first kappa shape index (κ1) is 72.6. The lowest BCUT2D eigenvalue weighted by Crippen LogP contribution is -2.33. The second-order valence-electron chi connectivity index (χ2n) is 21.3. The van der Waals surface area contributed by atoms with E-state index in [9.17, 15) is 74.8 Å². The average Bonchev–Trinajstić information content (AvgIpc) is 1.61. The fourth-order valence-corrected chi connectivity index (χ4v) is 14.2. The molecule has 2 aliphatic heterocycles. The molecular formula is C58H77N2O24S5+. The van der Waals surface area contributed by atoms with Crippen LogP contribution in [-0.2, 0) is 99.4 Å². The van der Waals surface area contributed by atoms with E-state index < -0.39 is 92.7 Å². The lowest BCUT2D eigenvalue weighted by molar-refractivity contribution is -0.438. The van der Waals surface area contributed by atoms with E-state index in [1.807, 2.05) is 11.5 Å². The Morgan fingerprint density at radius 2 is 1.04 bits per heavy atom. The maximum Gasteiger partial charge on any atom is 0.303 e. The zero-order valence-electron chi connectivity index (χ0n) is 49.7. The number of methoxy groups -OCH3 is 2. The Hall–Kier alpha value is -5.43. The molecule has 6 N–H and O–H groups in total. The van der Waals surface area contributed by atoms with E-state index in [1.165, 1.54) is 19.2 Å². The molecule has 6 rings (SSSR count). The summed E-state index contributed by atoms with van der Waals surface area (Å²) in [5.74, 6) is -1.66. The lowest BCUT2D eigenvalue weighted by Gasteiger charge is -2.31. The fourth-order valence-electron chi connectivity index (χ4n) is 11.1. The Morgan fingerprint density at radius 1 is 0.528 bits per heavy atom. The van der Waals surface area contributed by atoms with Gasteiger partial charge in [-0.2, -0.15) is 46.7 Å². The maximum absolute atomic E-state index is 13.1. The largest absolute Gasteiger partial charge is 0.481 e. The summed E-state index contributed by atoms with van der Waals surface area (Å²) < 4.78 is 219. The van der Waals surface area contributed by atoms with Crippen molar-refractivity contribution in [2.24, 2.45) is 0 Å². The van der Waals surface area contributed by atoms with Crippen molar-refractivity contribution in [3.63, 3.8) is 0 Å². The van der Waals surface area contributed by atoms with Crippen LogP contribution in [0.25, 0.3) is 21.5 Å². The molecule has 0 saturated carbocycles. The average molecular weight is 1350 g/mol. The molecule has 2 unspecified atom stereocenters. The monoisotopic (exact) mass is 1350 g/mol. The number of nitrogens with zero attached hydrogens (tertiary/aromatic N) is 2. The van der Waals surface area contributed by atoms with Crippen LogP contribution in [0.4, 0.5) is 11.4 Å². The number of carbonyl (C=O) groups is 1. The van der Waals surface area contributed by atoms with E-state index in [2.05, 4.69) is 0 Å². The van der Waals surface area contributed by atoms with Gasteiger partial charge in [-0.1, -0.05) is 36.4 Å². The van der Waals surface area contributed by atoms with Gasteiger partial charge in [0.1, 0.15) is 16.3 Å². The summed E-state index contributed by atoms with van der Waals surface area (Å²) >= 11 is 0. The summed E-state index contributed by atoms with van der Waals surface area (Å²) in [4.78, 5) is 10.4. The molecule has 0 saturated heterocycles. The van der Waals surface area contributed by atoms with Crippen molar-refractivity contribution in [3.05, 3.63) is 108 Å². The van der Waals surface area contributed by atoms with Crippen LogP contribution < -0.4 is 4.90 Å². The first-order chi connectivity index (χ1) is 41.9. The van der Waals surface area contributed by atoms with Gasteiger partial charge in [-0.05, 0) is 105 Å². The molecule has 0 spiro atoms. The Morgan fingerprint density at radius 3 is 1.61 bits per heavy atom. The van der Waals surface area contributed by atoms with Crippen molar-refractivity contribution in [3.8, 4) is 0 Å². The molecule has 0 amide bonds. The molecule has 0 fully saturated rings. The van der Waals surface area contributed by atoms with Gasteiger partial charge in [0.15, 0.2) is 5.71 Å². The Kier molecular flexibility index (Phi) is 25.9. The molecule has 26 nitrogen and oxygen atoms in total. The van der Waals surface area contributed by atoms with Crippen LogP contribution in [0.1, 0.15) is 69.9 Å². The summed E-state index contributed by atoms with van der Waals surface area (Å²) in [7, 11) is -21.5. The SMILES string of the molecule is COCCOCCOCCOCCC1(C)C(/C=C/C=C/C=C/C=C2/N(CCOCCOCCOC)c3cc(S(=O)(=O)O)c4ccc(S(=O)(=O)O)cc4c3C2(C)CCCS(=O)(=O)O)=[N+](CCCCCC(=O)O)c2ccc3c(S(=O)(=O)O)cc(S(=O)(=O)O)cc3c21. The highest BCUT2D eigenvalue weighted by atomic mass is 32.2. The third-order valence-corrected chi connectivity index (χ3v) is 19.4. The van der Waals surface area contributed by atoms with Gasteiger partial charge >= 0.3 is 5.97 Å². The van der Waals surface area contributed by atoms with Gasteiger partial charge in [0.2, 0.25) is 5.69 Å². The second-order valence-corrected chi connectivity index (χ2v) is 28.5. The van der Waals surface area contributed by atoms with Crippen LogP contribution in [0.15, 0.2) is 116 Å². The Balaban J connectivity index is 1.46. The van der Waals surface area contributed by atoms with E-state index in [-0.39, 0.29) is 106 Å². The van der Waals surface area contributed by atoms with Gasteiger partial charge in [0.05, 0.1) is 93.6 Å². The summed E-state index contributed by atoms with van der Waals surface area (Å²) in [6.07, 6.45) is 13.0. The molecule has 89 heavy (non-hydrogen) atoms. The highest BCUT2D eigenvalue weighted by Gasteiger charge is 2.50. The predicted octanol–water partition coefficient (Wildman–Crippen LogP) is 6.75. The van der Waals surface area contributed by atoms with Gasteiger partial charge in [-0.15, -0.1) is 0 Å². The number of hydrogen-bond donors (Lipinski definition) is 6. The van der Waals surface area contributed by atoms with Crippen molar-refractivity contribution in [2.75, 3.05) is 117 Å². The summed E-state index contributed by atoms with van der Waals surface area (Å²) in [6, 6.07) is 9.25. The molecule has 4 aromatic rings. The minimum absolute atomic E-state index is 0.00317. The van der Waals surface area contributed by atoms with Crippen LogP contribution >= 0.6 is 0 Å². The number of carboxylic acid groups (broad SMARTS) is 1. The minimum atomic E-state index is -5.09. The Bertz CT molecular complexity index is 3940. The van der Waals surface area contributed by atoms with E-state index in [4.69, 9.17) is 33.2 Å². The molecule has 2 atom stereocenters. The third-order valence-electron chi connectivity index (χ3n) is 15.1. The molecule has 2 heterocycles. The molecule has 4 aromatic carbocycles.